The number of aliphatic hydroxyl groups is 6. The first kappa shape index (κ1) is 36.5. The van der Waals surface area contributed by atoms with E-state index in [1.807, 2.05) is 27.7 Å². The lowest BCUT2D eigenvalue weighted by Crippen LogP contribution is -2.92. The highest BCUT2D eigenvalue weighted by Crippen LogP contribution is 2.87. The maximum absolute atomic E-state index is 16.1. The third kappa shape index (κ3) is 3.15. The van der Waals surface area contributed by atoms with E-state index in [2.05, 4.69) is 13.2 Å². The van der Waals surface area contributed by atoms with Crippen molar-refractivity contribution < 1.29 is 59.2 Å². The van der Waals surface area contributed by atoms with E-state index >= 15 is 4.79 Å². The predicted octanol–water partition coefficient (Wildman–Crippen LogP) is 0.995. The van der Waals surface area contributed by atoms with Gasteiger partial charge in [-0.25, -0.2) is 0 Å². The zero-order valence-electron chi connectivity index (χ0n) is 32.5. The van der Waals surface area contributed by atoms with Crippen molar-refractivity contribution in [2.75, 3.05) is 13.2 Å². The number of nitrogens with two attached hydrogens (primary N) is 1. The van der Waals surface area contributed by atoms with Gasteiger partial charge in [-0.15, -0.1) is 0 Å². The molecule has 19 atom stereocenters. The lowest BCUT2D eigenvalue weighted by molar-refractivity contribution is -0.473. The van der Waals surface area contributed by atoms with E-state index in [9.17, 15) is 35.4 Å². The third-order valence-corrected chi connectivity index (χ3v) is 19.0. The fourth-order valence-electron chi connectivity index (χ4n) is 17.6. The molecule has 0 aromatic rings. The minimum atomic E-state index is -2.38. The minimum absolute atomic E-state index is 0.126. The number of ketones is 2. The lowest BCUT2D eigenvalue weighted by atomic mass is 9.33. The van der Waals surface area contributed by atoms with Gasteiger partial charge in [-0.05, 0) is 80.6 Å². The van der Waals surface area contributed by atoms with Crippen molar-refractivity contribution in [1.29, 1.82) is 0 Å². The van der Waals surface area contributed by atoms with Crippen molar-refractivity contribution in [2.24, 2.45) is 68.3 Å². The van der Waals surface area contributed by atoms with E-state index in [-0.39, 0.29) is 37.4 Å². The van der Waals surface area contributed by atoms with Crippen LogP contribution in [0.25, 0.3) is 0 Å². The Kier molecular flexibility index (Phi) is 6.33. The molecule has 0 aromatic carbocycles. The molecule has 6 bridgehead atoms. The molecule has 6 aliphatic heterocycles. The van der Waals surface area contributed by atoms with Crippen LogP contribution in [0.5, 0.6) is 0 Å². The second kappa shape index (κ2) is 9.54. The predicted molar refractivity (Wildman–Crippen MR) is 190 cm³/mol. The molecular weight excluding hydrogens is 710 g/mol. The standard InChI is InChI=1S/C42H57NO12/c1-18(2)20-8-10-22-36-16-52-41(51,39(22,43)28(20)46)29(47)24(36)32(4,5)14-34(31(36)49)12-13-35-15-33(6,7)25-30(48)40(50)38-23(11-9-21(27(38)45)19(3)26(38)44)37(25,17-53-40)42(35,54-34)55-35/h20-25,27-30,45-48,50-51H,1,3,8-17,43H2,2,4-7H3/t20-,21-,22-,23-,24+,25+,27+,28+,29-,30-,34+,35?,36-,37-,38-,39-,40-,41-,42?/m0/s1. The van der Waals surface area contributed by atoms with Gasteiger partial charge in [0.05, 0.1) is 36.3 Å². The fraction of sp³-hybridized carbons (Fsp3) is 0.857. The Morgan fingerprint density at radius 3 is 2.11 bits per heavy atom. The third-order valence-electron chi connectivity index (χ3n) is 19.0. The van der Waals surface area contributed by atoms with Gasteiger partial charge in [0, 0.05) is 29.6 Å². The molecule has 13 fully saturated rings. The molecule has 13 heteroatoms. The van der Waals surface area contributed by atoms with E-state index in [0.717, 1.165) is 0 Å². The van der Waals surface area contributed by atoms with Crippen molar-refractivity contribution in [3.05, 3.63) is 24.3 Å². The zero-order valence-corrected chi connectivity index (χ0v) is 32.5. The molecule has 4 spiro atoms. The second-order valence-electron chi connectivity index (χ2n) is 21.7. The van der Waals surface area contributed by atoms with Crippen LogP contribution in [-0.4, -0.2) is 114 Å². The number of epoxide rings is 1. The quantitative estimate of drug-likeness (QED) is 0.113. The summed E-state index contributed by atoms with van der Waals surface area (Å²) in [6.07, 6.45) is -2.93. The largest absolute Gasteiger partial charge is 0.391 e. The topological polar surface area (TPSA) is 222 Å². The molecule has 7 saturated carbocycles. The summed E-state index contributed by atoms with van der Waals surface area (Å²) in [6.45, 7) is 17.6. The Labute approximate surface area is 320 Å². The van der Waals surface area contributed by atoms with Gasteiger partial charge >= 0.3 is 0 Å². The van der Waals surface area contributed by atoms with Crippen LogP contribution in [0, 0.1) is 62.6 Å². The first-order valence-corrected chi connectivity index (χ1v) is 20.5. The molecule has 13 aliphatic rings. The van der Waals surface area contributed by atoms with Crippen LogP contribution < -0.4 is 5.73 Å². The van der Waals surface area contributed by atoms with E-state index in [1.165, 1.54) is 0 Å². The van der Waals surface area contributed by atoms with E-state index < -0.39 is 127 Å². The molecule has 8 N–H and O–H groups in total. The monoisotopic (exact) mass is 767 g/mol. The Balaban J connectivity index is 1.10. The number of hydrogen-bond donors (Lipinski definition) is 7. The molecule has 0 aromatic heterocycles. The van der Waals surface area contributed by atoms with Gasteiger partial charge in [-0.2, -0.15) is 0 Å². The molecule has 6 heterocycles. The van der Waals surface area contributed by atoms with E-state index in [0.29, 0.717) is 44.1 Å². The van der Waals surface area contributed by atoms with E-state index in [4.69, 9.17) is 24.7 Å². The van der Waals surface area contributed by atoms with Crippen LogP contribution >= 0.6 is 0 Å². The maximum atomic E-state index is 16.1. The highest BCUT2D eigenvalue weighted by Gasteiger charge is 2.98. The highest BCUT2D eigenvalue weighted by molar-refractivity contribution is 6.05. The van der Waals surface area contributed by atoms with Crippen molar-refractivity contribution in [3.63, 3.8) is 0 Å². The Bertz CT molecular complexity index is 1920. The van der Waals surface area contributed by atoms with Crippen LogP contribution in [-0.2, 0) is 28.5 Å². The molecule has 0 radical (unpaired) electrons. The summed E-state index contributed by atoms with van der Waals surface area (Å²) in [4.78, 5) is 30.7. The van der Waals surface area contributed by atoms with Crippen molar-refractivity contribution in [2.45, 2.75) is 145 Å². The number of Topliss-reactive ketones (excluding diaryl/α,β-unsaturated/α-hetero) is 2. The van der Waals surface area contributed by atoms with Crippen molar-refractivity contribution in [3.8, 4) is 0 Å². The number of carbonyl (C=O) groups excluding carboxylic acids is 2. The normalized spacial score (nSPS) is 63.7. The smallest absolute Gasteiger partial charge is 0.213 e. The molecule has 13 nitrogen and oxygen atoms in total. The average Bonchev–Trinajstić information content (AvgIpc) is 3.75. The summed E-state index contributed by atoms with van der Waals surface area (Å²) in [5, 5.41) is 73.7. The number of carbonyl (C=O) groups is 2. The van der Waals surface area contributed by atoms with Gasteiger partial charge in [0.15, 0.2) is 11.6 Å². The van der Waals surface area contributed by atoms with Crippen LogP contribution in [0.2, 0.25) is 0 Å². The number of rotatable bonds is 1. The van der Waals surface area contributed by atoms with Gasteiger partial charge in [0.2, 0.25) is 17.4 Å². The zero-order chi connectivity index (χ0) is 39.5. The summed E-state index contributed by atoms with van der Waals surface area (Å²) in [5.41, 5.74) is -2.41. The summed E-state index contributed by atoms with van der Waals surface area (Å²) >= 11 is 0. The van der Waals surface area contributed by atoms with Gasteiger partial charge in [0.1, 0.15) is 34.4 Å². The molecular formula is C42H57NO12. The van der Waals surface area contributed by atoms with Crippen molar-refractivity contribution >= 4 is 11.6 Å². The SMILES string of the molecule is C=C(C)[C@@H]1CC[C@H]2[C@@]34CO[C@@](O)([C@@H](O)[C@@H]3C(C)(C)C[C@]3(CCC56CC(C)(C)[C@H]7[C@H](O)[C@]8(O)OC[C@@]7([C@@H]7CC[C@H]9C(=C)C(=O)[C@]78[C@@H]9O)C5(O6)O3)C4=O)[C@@]2(N)[C@@H]1O. The van der Waals surface area contributed by atoms with Gasteiger partial charge in [-0.3, -0.25) is 9.59 Å². The molecule has 7 aliphatic carbocycles. The summed E-state index contributed by atoms with van der Waals surface area (Å²) in [6, 6.07) is 0. The summed E-state index contributed by atoms with van der Waals surface area (Å²) < 4.78 is 27.3. The number of ether oxygens (including phenoxy) is 4. The van der Waals surface area contributed by atoms with Gasteiger partial charge in [0.25, 0.3) is 0 Å². The highest BCUT2D eigenvalue weighted by atomic mass is 16.8. The molecule has 6 saturated heterocycles. The van der Waals surface area contributed by atoms with Crippen molar-refractivity contribution in [1.82, 2.24) is 0 Å². The fourth-order valence-corrected chi connectivity index (χ4v) is 17.6. The van der Waals surface area contributed by atoms with Crippen LogP contribution in [0.15, 0.2) is 24.3 Å². The van der Waals surface area contributed by atoms with Crippen LogP contribution in [0.4, 0.5) is 0 Å². The molecule has 55 heavy (non-hydrogen) atoms. The molecule has 302 valence electrons. The Hall–Kier alpha value is -1.62. The second-order valence-corrected chi connectivity index (χ2v) is 21.7. The van der Waals surface area contributed by atoms with Gasteiger partial charge in [-0.1, -0.05) is 46.4 Å². The first-order valence-electron chi connectivity index (χ1n) is 20.5. The molecule has 0 amide bonds. The Morgan fingerprint density at radius 2 is 1.42 bits per heavy atom. The lowest BCUT2D eigenvalue weighted by Gasteiger charge is -2.77. The van der Waals surface area contributed by atoms with E-state index in [1.54, 1.807) is 6.92 Å². The number of fused-ring (bicyclic) bond motifs is 3. The summed E-state index contributed by atoms with van der Waals surface area (Å²) in [5.74, 6) is -11.2. The Morgan fingerprint density at radius 1 is 0.782 bits per heavy atom. The summed E-state index contributed by atoms with van der Waals surface area (Å²) in [7, 11) is 0. The average molecular weight is 768 g/mol. The minimum Gasteiger partial charge on any atom is -0.391 e. The molecule has 13 rings (SSSR count). The number of aliphatic hydroxyl groups excluding tert-OH is 4. The maximum Gasteiger partial charge on any atom is 0.213 e. The number of hydrogen-bond acceptors (Lipinski definition) is 13. The van der Waals surface area contributed by atoms with Crippen LogP contribution in [0.1, 0.15) is 86.0 Å². The first-order chi connectivity index (χ1) is 25.4. The van der Waals surface area contributed by atoms with Gasteiger partial charge < -0.3 is 55.3 Å². The molecule has 2 unspecified atom stereocenters. The van der Waals surface area contributed by atoms with Crippen LogP contribution in [0.3, 0.4) is 0 Å².